The fraction of sp³-hybridized carbons (Fsp3) is 0.444. The number of hydrogen-bond donors (Lipinski definition) is 1. The number of thiazole rings is 1. The van der Waals surface area contributed by atoms with Gasteiger partial charge in [-0.15, -0.1) is 11.3 Å². The number of carbonyl (C=O) groups is 2. The summed E-state index contributed by atoms with van der Waals surface area (Å²) in [7, 11) is 1.30. The maximum atomic E-state index is 11.1. The van der Waals surface area contributed by atoms with Crippen LogP contribution in [0, 0.1) is 0 Å². The van der Waals surface area contributed by atoms with Crippen molar-refractivity contribution in [3.63, 3.8) is 0 Å². The highest BCUT2D eigenvalue weighted by Gasteiger charge is 2.15. The van der Waals surface area contributed by atoms with Gasteiger partial charge in [0.15, 0.2) is 5.69 Å². The van der Waals surface area contributed by atoms with Crippen LogP contribution in [0.1, 0.15) is 35.4 Å². The van der Waals surface area contributed by atoms with Gasteiger partial charge in [0.25, 0.3) is 0 Å². The lowest BCUT2D eigenvalue weighted by molar-refractivity contribution is -0.119. The summed E-state index contributed by atoms with van der Waals surface area (Å²) in [5.41, 5.74) is 0.273. The molecule has 0 radical (unpaired) electrons. The summed E-state index contributed by atoms with van der Waals surface area (Å²) in [6.07, 6.45) is 0. The van der Waals surface area contributed by atoms with E-state index in [0.29, 0.717) is 5.01 Å². The molecule has 82 valence electrons. The molecule has 1 atom stereocenters. The molecule has 0 fully saturated rings. The molecule has 0 spiro atoms. The molecule has 1 heterocycles. The molecule has 0 unspecified atom stereocenters. The molecule has 0 aromatic carbocycles. The van der Waals surface area contributed by atoms with Crippen molar-refractivity contribution in [2.24, 2.45) is 0 Å². The van der Waals surface area contributed by atoms with E-state index in [-0.39, 0.29) is 17.6 Å². The number of esters is 1. The summed E-state index contributed by atoms with van der Waals surface area (Å²) in [4.78, 5) is 26.0. The van der Waals surface area contributed by atoms with Crippen molar-refractivity contribution in [1.82, 2.24) is 10.3 Å². The molecular weight excluding hydrogens is 216 g/mol. The van der Waals surface area contributed by atoms with E-state index in [2.05, 4.69) is 15.0 Å². The minimum absolute atomic E-state index is 0.127. The highest BCUT2D eigenvalue weighted by atomic mass is 32.1. The van der Waals surface area contributed by atoms with Crippen molar-refractivity contribution in [2.45, 2.75) is 19.9 Å². The molecule has 0 aliphatic heterocycles. The first-order valence-electron chi connectivity index (χ1n) is 4.35. The third-order valence-electron chi connectivity index (χ3n) is 1.71. The normalized spacial score (nSPS) is 11.9. The van der Waals surface area contributed by atoms with Gasteiger partial charge in [0.05, 0.1) is 13.2 Å². The minimum Gasteiger partial charge on any atom is -0.464 e. The fourth-order valence-corrected chi connectivity index (χ4v) is 1.85. The van der Waals surface area contributed by atoms with Gasteiger partial charge in [-0.05, 0) is 6.92 Å². The van der Waals surface area contributed by atoms with Crippen LogP contribution in [-0.2, 0) is 9.53 Å². The third kappa shape index (κ3) is 3.02. The van der Waals surface area contributed by atoms with Crippen molar-refractivity contribution in [1.29, 1.82) is 0 Å². The SMILES string of the molecule is COC(=O)c1csc([C@@H](C)NC(C)=O)n1. The molecule has 0 aliphatic carbocycles. The van der Waals surface area contributed by atoms with Crippen molar-refractivity contribution in [3.05, 3.63) is 16.1 Å². The molecule has 1 aromatic rings. The Morgan fingerprint density at radius 1 is 1.60 bits per heavy atom. The van der Waals surface area contributed by atoms with Crippen LogP contribution >= 0.6 is 11.3 Å². The molecule has 5 nitrogen and oxygen atoms in total. The average molecular weight is 228 g/mol. The monoisotopic (exact) mass is 228 g/mol. The van der Waals surface area contributed by atoms with E-state index in [1.165, 1.54) is 25.4 Å². The Morgan fingerprint density at radius 3 is 2.80 bits per heavy atom. The van der Waals surface area contributed by atoms with Crippen LogP contribution in [0.3, 0.4) is 0 Å². The average Bonchev–Trinajstić information content (AvgIpc) is 2.64. The number of hydrogen-bond acceptors (Lipinski definition) is 5. The second-order valence-electron chi connectivity index (χ2n) is 2.98. The third-order valence-corrected chi connectivity index (χ3v) is 2.73. The highest BCUT2D eigenvalue weighted by Crippen LogP contribution is 2.18. The zero-order chi connectivity index (χ0) is 11.4. The predicted molar refractivity (Wildman–Crippen MR) is 55.7 cm³/mol. The minimum atomic E-state index is -0.465. The summed E-state index contributed by atoms with van der Waals surface area (Å²) in [5, 5.41) is 4.98. The first kappa shape index (κ1) is 11.6. The number of aromatic nitrogens is 1. The van der Waals surface area contributed by atoms with Crippen LogP contribution in [0.4, 0.5) is 0 Å². The molecule has 1 aromatic heterocycles. The van der Waals surface area contributed by atoms with Crippen molar-refractivity contribution in [2.75, 3.05) is 7.11 Å². The second-order valence-corrected chi connectivity index (χ2v) is 3.87. The number of nitrogens with zero attached hydrogens (tertiary/aromatic N) is 1. The lowest BCUT2D eigenvalue weighted by Gasteiger charge is -2.07. The van der Waals surface area contributed by atoms with Crippen LogP contribution < -0.4 is 5.32 Å². The smallest absolute Gasteiger partial charge is 0.357 e. The van der Waals surface area contributed by atoms with Crippen LogP contribution in [0.15, 0.2) is 5.38 Å². The van der Waals surface area contributed by atoms with E-state index < -0.39 is 5.97 Å². The zero-order valence-corrected chi connectivity index (χ0v) is 9.55. The van der Waals surface area contributed by atoms with Crippen LogP contribution in [0.25, 0.3) is 0 Å². The summed E-state index contributed by atoms with van der Waals surface area (Å²) in [5.74, 6) is -0.593. The molecule has 0 saturated carbocycles. The van der Waals surface area contributed by atoms with E-state index >= 15 is 0 Å². The number of carbonyl (C=O) groups excluding carboxylic acids is 2. The Labute approximate surface area is 91.5 Å². The maximum Gasteiger partial charge on any atom is 0.357 e. The zero-order valence-electron chi connectivity index (χ0n) is 8.73. The van der Waals surface area contributed by atoms with Gasteiger partial charge in [-0.3, -0.25) is 4.79 Å². The van der Waals surface area contributed by atoms with E-state index in [9.17, 15) is 9.59 Å². The summed E-state index contributed by atoms with van der Waals surface area (Å²) >= 11 is 1.32. The van der Waals surface area contributed by atoms with Gasteiger partial charge in [0.1, 0.15) is 5.01 Å². The largest absolute Gasteiger partial charge is 0.464 e. The molecule has 1 rings (SSSR count). The van der Waals surface area contributed by atoms with E-state index in [1.54, 1.807) is 12.3 Å². The number of methoxy groups -OCH3 is 1. The van der Waals surface area contributed by atoms with Crippen molar-refractivity contribution < 1.29 is 14.3 Å². The Kier molecular flexibility index (Phi) is 3.79. The second kappa shape index (κ2) is 4.88. The Bertz CT molecular complexity index is 375. The quantitative estimate of drug-likeness (QED) is 0.787. The van der Waals surface area contributed by atoms with E-state index in [4.69, 9.17) is 0 Å². The molecule has 6 heteroatoms. The Morgan fingerprint density at radius 2 is 2.27 bits per heavy atom. The van der Waals surface area contributed by atoms with Gasteiger partial charge in [-0.1, -0.05) is 0 Å². The lowest BCUT2D eigenvalue weighted by atomic mass is 10.3. The molecule has 0 bridgehead atoms. The van der Waals surface area contributed by atoms with E-state index in [1.807, 2.05) is 0 Å². The highest BCUT2D eigenvalue weighted by molar-refractivity contribution is 7.09. The van der Waals surface area contributed by atoms with Gasteiger partial charge in [-0.25, -0.2) is 9.78 Å². The summed E-state index contributed by atoms with van der Waals surface area (Å²) in [6, 6.07) is -0.189. The first-order valence-corrected chi connectivity index (χ1v) is 5.23. The Balaban J connectivity index is 2.75. The number of nitrogens with one attached hydrogen (secondary N) is 1. The molecule has 1 N–H and O–H groups in total. The lowest BCUT2D eigenvalue weighted by Crippen LogP contribution is -2.23. The maximum absolute atomic E-state index is 11.1. The summed E-state index contributed by atoms with van der Waals surface area (Å²) < 4.78 is 4.53. The summed E-state index contributed by atoms with van der Waals surface area (Å²) in [6.45, 7) is 3.24. The van der Waals surface area contributed by atoms with Gasteiger partial charge in [0.2, 0.25) is 5.91 Å². The van der Waals surface area contributed by atoms with Gasteiger partial charge in [-0.2, -0.15) is 0 Å². The van der Waals surface area contributed by atoms with Crippen LogP contribution in [-0.4, -0.2) is 24.0 Å². The van der Waals surface area contributed by atoms with Gasteiger partial charge in [0, 0.05) is 12.3 Å². The van der Waals surface area contributed by atoms with Crippen LogP contribution in [0.2, 0.25) is 0 Å². The van der Waals surface area contributed by atoms with Crippen LogP contribution in [0.5, 0.6) is 0 Å². The van der Waals surface area contributed by atoms with Gasteiger partial charge < -0.3 is 10.1 Å². The predicted octanol–water partition coefficient (Wildman–Crippen LogP) is 1.13. The van der Waals surface area contributed by atoms with Crippen molar-refractivity contribution in [3.8, 4) is 0 Å². The van der Waals surface area contributed by atoms with Gasteiger partial charge >= 0.3 is 5.97 Å². The molecule has 0 saturated heterocycles. The number of rotatable bonds is 3. The Hall–Kier alpha value is -1.43. The number of amides is 1. The van der Waals surface area contributed by atoms with E-state index in [0.717, 1.165) is 0 Å². The number of ether oxygens (including phenoxy) is 1. The molecular formula is C9H12N2O3S. The molecule has 15 heavy (non-hydrogen) atoms. The molecule has 1 amide bonds. The fourth-order valence-electron chi connectivity index (χ4n) is 1.05. The standard InChI is InChI=1S/C9H12N2O3S/c1-5(10-6(2)12)8-11-7(4-15-8)9(13)14-3/h4-5H,1-3H3,(H,10,12)/t5-/m1/s1. The molecule has 0 aliphatic rings. The topological polar surface area (TPSA) is 68.3 Å². The first-order chi connectivity index (χ1) is 7.04. The van der Waals surface area contributed by atoms with Crippen molar-refractivity contribution >= 4 is 23.2 Å².